The van der Waals surface area contributed by atoms with E-state index in [2.05, 4.69) is 0 Å². The molecule has 0 spiro atoms. The number of carbonyl (C=O) groups is 2. The molecule has 1 fully saturated rings. The van der Waals surface area contributed by atoms with E-state index in [-0.39, 0.29) is 42.0 Å². The highest BCUT2D eigenvalue weighted by Gasteiger charge is 2.34. The van der Waals surface area contributed by atoms with Gasteiger partial charge in [0.05, 0.1) is 23.2 Å². The number of fused-ring (bicyclic) bond motifs is 1. The Hall–Kier alpha value is -2.78. The van der Waals surface area contributed by atoms with Crippen molar-refractivity contribution < 1.29 is 31.9 Å². The van der Waals surface area contributed by atoms with E-state index >= 15 is 0 Å². The molecule has 158 valence electrons. The molecule has 0 bridgehead atoms. The van der Waals surface area contributed by atoms with Gasteiger partial charge in [-0.05, 0) is 23.8 Å². The Bertz CT molecular complexity index is 1110. The summed E-state index contributed by atoms with van der Waals surface area (Å²) in [6, 6.07) is 8.97. The van der Waals surface area contributed by atoms with Gasteiger partial charge < -0.3 is 14.4 Å². The van der Waals surface area contributed by atoms with Crippen LogP contribution in [0, 0.1) is 5.82 Å². The zero-order valence-electron chi connectivity index (χ0n) is 16.3. The van der Waals surface area contributed by atoms with Crippen molar-refractivity contribution in [2.24, 2.45) is 0 Å². The fraction of sp³-hybridized carbons (Fsp3) is 0.333. The molecular weight excluding hydrogens is 413 g/mol. The fourth-order valence-electron chi connectivity index (χ4n) is 3.38. The molecule has 2 heterocycles. The van der Waals surface area contributed by atoms with E-state index in [1.165, 1.54) is 23.1 Å². The number of carbonyl (C=O) groups excluding carboxylic acids is 2. The lowest BCUT2D eigenvalue weighted by Gasteiger charge is -2.39. The van der Waals surface area contributed by atoms with Crippen LogP contribution in [0.5, 0.6) is 5.75 Å². The zero-order chi connectivity index (χ0) is 21.5. The van der Waals surface area contributed by atoms with Crippen LogP contribution in [0.1, 0.15) is 21.5 Å². The largest absolute Gasteiger partial charge is 0.485 e. The molecule has 1 amide bonds. The van der Waals surface area contributed by atoms with E-state index in [0.29, 0.717) is 24.4 Å². The lowest BCUT2D eigenvalue weighted by Crippen LogP contribution is -2.54. The second kappa shape index (κ2) is 7.81. The number of amides is 1. The highest BCUT2D eigenvalue weighted by atomic mass is 32.2. The molecule has 9 heteroatoms. The molecule has 30 heavy (non-hydrogen) atoms. The minimum Gasteiger partial charge on any atom is -0.485 e. The standard InChI is InChI=1S/C21H20FNO6S/c1-30(26,27)17-4-2-13(3-5-17)11-28-16-9-23(10-16)21(25)18-7-14-6-15(24)12-29-20(14)8-19(18)22/h2-5,7-8,16H,6,9-12H2,1H3. The van der Waals surface area contributed by atoms with Crippen molar-refractivity contribution in [3.05, 3.63) is 58.9 Å². The Balaban J connectivity index is 1.33. The van der Waals surface area contributed by atoms with Gasteiger partial charge in [-0.3, -0.25) is 9.59 Å². The average molecular weight is 433 g/mol. The van der Waals surface area contributed by atoms with Crippen molar-refractivity contribution in [3.8, 4) is 5.75 Å². The number of rotatable bonds is 5. The number of ketones is 1. The third kappa shape index (κ3) is 4.22. The summed E-state index contributed by atoms with van der Waals surface area (Å²) in [5.74, 6) is -0.945. The highest BCUT2D eigenvalue weighted by Crippen LogP contribution is 2.28. The smallest absolute Gasteiger partial charge is 0.257 e. The van der Waals surface area contributed by atoms with Gasteiger partial charge in [-0.1, -0.05) is 12.1 Å². The summed E-state index contributed by atoms with van der Waals surface area (Å²) in [6.07, 6.45) is 1.09. The van der Waals surface area contributed by atoms with Crippen LogP contribution in [-0.4, -0.2) is 57.1 Å². The van der Waals surface area contributed by atoms with Crippen molar-refractivity contribution in [3.63, 3.8) is 0 Å². The van der Waals surface area contributed by atoms with Crippen LogP contribution in [0.15, 0.2) is 41.3 Å². The maximum absolute atomic E-state index is 14.3. The van der Waals surface area contributed by atoms with Crippen molar-refractivity contribution in [1.29, 1.82) is 0 Å². The topological polar surface area (TPSA) is 90.0 Å². The maximum Gasteiger partial charge on any atom is 0.257 e. The predicted octanol–water partition coefficient (Wildman–Crippen LogP) is 1.77. The summed E-state index contributed by atoms with van der Waals surface area (Å²) in [5, 5.41) is 0. The lowest BCUT2D eigenvalue weighted by molar-refractivity contribution is -0.121. The number of hydrogen-bond donors (Lipinski definition) is 0. The quantitative estimate of drug-likeness (QED) is 0.714. The van der Waals surface area contributed by atoms with E-state index in [1.807, 2.05) is 0 Å². The van der Waals surface area contributed by atoms with Gasteiger partial charge in [0.15, 0.2) is 15.6 Å². The van der Waals surface area contributed by atoms with Crippen LogP contribution >= 0.6 is 0 Å². The highest BCUT2D eigenvalue weighted by molar-refractivity contribution is 7.90. The Kier molecular flexibility index (Phi) is 5.33. The Morgan fingerprint density at radius 2 is 1.93 bits per heavy atom. The molecular formula is C21H20FNO6S. The van der Waals surface area contributed by atoms with E-state index < -0.39 is 21.6 Å². The number of ether oxygens (including phenoxy) is 2. The van der Waals surface area contributed by atoms with Crippen LogP contribution in [0.25, 0.3) is 0 Å². The van der Waals surface area contributed by atoms with Crippen LogP contribution in [0.2, 0.25) is 0 Å². The Morgan fingerprint density at radius 3 is 2.60 bits per heavy atom. The maximum atomic E-state index is 14.3. The van der Waals surface area contributed by atoms with Gasteiger partial charge in [-0.15, -0.1) is 0 Å². The van der Waals surface area contributed by atoms with E-state index in [9.17, 15) is 22.4 Å². The molecule has 0 radical (unpaired) electrons. The molecule has 0 N–H and O–H groups in total. The molecule has 2 aliphatic heterocycles. The fourth-order valence-corrected chi connectivity index (χ4v) is 4.02. The monoisotopic (exact) mass is 433 g/mol. The summed E-state index contributed by atoms with van der Waals surface area (Å²) >= 11 is 0. The number of hydrogen-bond acceptors (Lipinski definition) is 6. The number of nitrogens with zero attached hydrogens (tertiary/aromatic N) is 1. The van der Waals surface area contributed by atoms with Crippen molar-refractivity contribution in [2.45, 2.75) is 24.0 Å². The van der Waals surface area contributed by atoms with Crippen molar-refractivity contribution in [1.82, 2.24) is 4.90 Å². The number of halogens is 1. The second-order valence-electron chi connectivity index (χ2n) is 7.50. The van der Waals surface area contributed by atoms with Gasteiger partial charge in [-0.2, -0.15) is 0 Å². The van der Waals surface area contributed by atoms with Gasteiger partial charge in [0.1, 0.15) is 18.2 Å². The number of benzene rings is 2. The third-order valence-electron chi connectivity index (χ3n) is 5.13. The molecule has 2 aromatic carbocycles. The number of Topliss-reactive ketones (excluding diaryl/α,β-unsaturated/α-hetero) is 1. The lowest BCUT2D eigenvalue weighted by atomic mass is 10.0. The Labute approximate surface area is 173 Å². The minimum atomic E-state index is -3.24. The first-order chi connectivity index (χ1) is 14.2. The SMILES string of the molecule is CS(=O)(=O)c1ccc(COC2CN(C(=O)c3cc4c(cc3F)OCC(=O)C4)C2)cc1. The van der Waals surface area contributed by atoms with Crippen LogP contribution in [-0.2, 0) is 32.4 Å². The second-order valence-corrected chi connectivity index (χ2v) is 9.52. The van der Waals surface area contributed by atoms with Crippen LogP contribution in [0.3, 0.4) is 0 Å². The van der Waals surface area contributed by atoms with E-state index in [1.54, 1.807) is 12.1 Å². The van der Waals surface area contributed by atoms with Gasteiger partial charge in [0.25, 0.3) is 5.91 Å². The van der Waals surface area contributed by atoms with Crippen LogP contribution in [0.4, 0.5) is 4.39 Å². The molecule has 4 rings (SSSR count). The molecule has 0 aromatic heterocycles. The molecule has 0 atom stereocenters. The average Bonchev–Trinajstić information content (AvgIpc) is 2.66. The normalized spacial score (nSPS) is 16.6. The first-order valence-corrected chi connectivity index (χ1v) is 11.3. The third-order valence-corrected chi connectivity index (χ3v) is 6.26. The summed E-state index contributed by atoms with van der Waals surface area (Å²) in [4.78, 5) is 25.9. The molecule has 7 nitrogen and oxygen atoms in total. The predicted molar refractivity (Wildman–Crippen MR) is 105 cm³/mol. The van der Waals surface area contributed by atoms with E-state index in [0.717, 1.165) is 17.9 Å². The van der Waals surface area contributed by atoms with Crippen LogP contribution < -0.4 is 4.74 Å². The minimum absolute atomic E-state index is 0.0815. The first kappa shape index (κ1) is 20.5. The summed E-state index contributed by atoms with van der Waals surface area (Å²) in [5.41, 5.74) is 1.25. The molecule has 1 saturated heterocycles. The molecule has 0 unspecified atom stereocenters. The van der Waals surface area contributed by atoms with Gasteiger partial charge in [-0.25, -0.2) is 12.8 Å². The molecule has 0 saturated carbocycles. The Morgan fingerprint density at radius 1 is 1.23 bits per heavy atom. The van der Waals surface area contributed by atoms with Gasteiger partial charge in [0, 0.05) is 37.4 Å². The first-order valence-electron chi connectivity index (χ1n) is 9.37. The molecule has 2 aliphatic rings. The van der Waals surface area contributed by atoms with Gasteiger partial charge >= 0.3 is 0 Å². The number of sulfone groups is 1. The summed E-state index contributed by atoms with van der Waals surface area (Å²) < 4.78 is 48.2. The molecule has 0 aliphatic carbocycles. The summed E-state index contributed by atoms with van der Waals surface area (Å²) in [7, 11) is -3.24. The van der Waals surface area contributed by atoms with Crippen molar-refractivity contribution in [2.75, 3.05) is 26.0 Å². The summed E-state index contributed by atoms with van der Waals surface area (Å²) in [6.45, 7) is 0.851. The zero-order valence-corrected chi connectivity index (χ0v) is 17.1. The number of likely N-dealkylation sites (tertiary alicyclic amines) is 1. The van der Waals surface area contributed by atoms with Gasteiger partial charge in [0.2, 0.25) is 0 Å². The van der Waals surface area contributed by atoms with E-state index in [4.69, 9.17) is 9.47 Å². The molecule has 2 aromatic rings. The van der Waals surface area contributed by atoms with Crippen molar-refractivity contribution >= 4 is 21.5 Å².